The van der Waals surface area contributed by atoms with Gasteiger partial charge in [-0.2, -0.15) is 4.31 Å². The molecule has 3 rings (SSSR count). The van der Waals surface area contributed by atoms with Crippen molar-refractivity contribution in [1.82, 2.24) is 9.21 Å². The maximum absolute atomic E-state index is 12.6. The second kappa shape index (κ2) is 7.41. The fourth-order valence-corrected chi connectivity index (χ4v) is 5.74. The summed E-state index contributed by atoms with van der Waals surface area (Å²) in [6, 6.07) is 11.2. The van der Waals surface area contributed by atoms with Gasteiger partial charge in [0.2, 0.25) is 0 Å². The lowest BCUT2D eigenvalue weighted by atomic mass is 10.2. The van der Waals surface area contributed by atoms with Crippen LogP contribution in [0.3, 0.4) is 0 Å². The highest BCUT2D eigenvalue weighted by molar-refractivity contribution is 7.91. The van der Waals surface area contributed by atoms with Crippen LogP contribution in [0.5, 0.6) is 5.75 Å². The normalized spacial score (nSPS) is 17.1. The summed E-state index contributed by atoms with van der Waals surface area (Å²) in [6.07, 6.45) is 0. The highest BCUT2D eigenvalue weighted by Crippen LogP contribution is 2.28. The number of methoxy groups -OCH3 is 1. The molecule has 1 aliphatic heterocycles. The molecule has 0 amide bonds. The Hall–Kier alpha value is -1.12. The van der Waals surface area contributed by atoms with Gasteiger partial charge in [0.05, 0.1) is 11.4 Å². The third-order valence-corrected chi connectivity index (χ3v) is 7.64. The van der Waals surface area contributed by atoms with Crippen LogP contribution in [-0.2, 0) is 16.6 Å². The van der Waals surface area contributed by atoms with E-state index in [-0.39, 0.29) is 0 Å². The van der Waals surface area contributed by atoms with Crippen LogP contribution in [0.4, 0.5) is 0 Å². The molecule has 130 valence electrons. The molecule has 0 atom stereocenters. The molecular weight excluding hydrogens is 368 g/mol. The number of piperazine rings is 1. The highest BCUT2D eigenvalue weighted by Gasteiger charge is 2.29. The van der Waals surface area contributed by atoms with Crippen molar-refractivity contribution >= 4 is 33.0 Å². The molecule has 1 aromatic carbocycles. The Morgan fingerprint density at radius 2 is 1.75 bits per heavy atom. The van der Waals surface area contributed by atoms with E-state index < -0.39 is 10.0 Å². The number of halogens is 1. The molecule has 0 unspecified atom stereocenters. The summed E-state index contributed by atoms with van der Waals surface area (Å²) in [4.78, 5) is 2.26. The third kappa shape index (κ3) is 3.92. The molecule has 0 radical (unpaired) electrons. The van der Waals surface area contributed by atoms with Gasteiger partial charge in [-0.15, -0.1) is 11.3 Å². The van der Waals surface area contributed by atoms with E-state index in [1.54, 1.807) is 23.5 Å². The Bertz CT molecular complexity index is 782. The van der Waals surface area contributed by atoms with Gasteiger partial charge >= 0.3 is 0 Å². The summed E-state index contributed by atoms with van der Waals surface area (Å²) in [5.41, 5.74) is 1.19. The Morgan fingerprint density at radius 1 is 1.08 bits per heavy atom. The van der Waals surface area contributed by atoms with Gasteiger partial charge in [-0.05, 0) is 29.8 Å². The maximum atomic E-state index is 12.6. The smallest absolute Gasteiger partial charge is 0.252 e. The fourth-order valence-electron chi connectivity index (χ4n) is 2.68. The van der Waals surface area contributed by atoms with E-state index in [2.05, 4.69) is 4.90 Å². The number of thiophene rings is 1. The summed E-state index contributed by atoms with van der Waals surface area (Å²) >= 11 is 6.96. The average Bonchev–Trinajstić information content (AvgIpc) is 3.03. The van der Waals surface area contributed by atoms with Crippen LogP contribution in [0.2, 0.25) is 4.34 Å². The van der Waals surface area contributed by atoms with E-state index in [1.165, 1.54) is 5.56 Å². The zero-order chi connectivity index (χ0) is 17.2. The molecule has 1 fully saturated rings. The van der Waals surface area contributed by atoms with Crippen LogP contribution in [0, 0.1) is 0 Å². The first-order valence-electron chi connectivity index (χ1n) is 7.60. The molecule has 2 heterocycles. The third-order valence-electron chi connectivity index (χ3n) is 4.04. The van der Waals surface area contributed by atoms with Gasteiger partial charge in [0.15, 0.2) is 0 Å². The minimum Gasteiger partial charge on any atom is -0.497 e. The zero-order valence-corrected chi connectivity index (χ0v) is 15.7. The number of nitrogens with zero attached hydrogens (tertiary/aromatic N) is 2. The highest BCUT2D eigenvalue weighted by atomic mass is 35.5. The van der Waals surface area contributed by atoms with E-state index in [4.69, 9.17) is 16.3 Å². The SMILES string of the molecule is COc1ccc(CN2CCN(S(=O)(=O)c3ccc(Cl)s3)CC2)cc1. The van der Waals surface area contributed by atoms with Gasteiger partial charge in [-0.25, -0.2) is 8.42 Å². The molecule has 1 aromatic heterocycles. The summed E-state index contributed by atoms with van der Waals surface area (Å²) in [7, 11) is -1.77. The monoisotopic (exact) mass is 386 g/mol. The van der Waals surface area contributed by atoms with Crippen LogP contribution < -0.4 is 4.74 Å². The van der Waals surface area contributed by atoms with E-state index in [9.17, 15) is 8.42 Å². The Kier molecular flexibility index (Phi) is 5.46. The van der Waals surface area contributed by atoms with Crippen molar-refractivity contribution in [2.45, 2.75) is 10.8 Å². The number of hydrogen-bond donors (Lipinski definition) is 0. The van der Waals surface area contributed by atoms with Crippen molar-refractivity contribution in [2.75, 3.05) is 33.3 Å². The van der Waals surface area contributed by atoms with Crippen molar-refractivity contribution in [3.8, 4) is 5.75 Å². The standard InChI is InChI=1S/C16H19ClN2O3S2/c1-22-14-4-2-13(3-5-14)12-18-8-10-19(11-9-18)24(20,21)16-7-6-15(17)23-16/h2-7H,8-12H2,1H3. The Labute approximate surface area is 151 Å². The number of sulfonamides is 1. The number of benzene rings is 1. The van der Waals surface area contributed by atoms with Crippen LogP contribution >= 0.6 is 22.9 Å². The summed E-state index contributed by atoms with van der Waals surface area (Å²) in [6.45, 7) is 3.22. The lowest BCUT2D eigenvalue weighted by Crippen LogP contribution is -2.48. The predicted molar refractivity (Wildman–Crippen MR) is 96.4 cm³/mol. The molecular formula is C16H19ClN2O3S2. The second-order valence-corrected chi connectivity index (χ2v) is 9.47. The number of ether oxygens (including phenoxy) is 1. The summed E-state index contributed by atoms with van der Waals surface area (Å²) < 4.78 is 32.7. The van der Waals surface area contributed by atoms with E-state index in [0.717, 1.165) is 23.6 Å². The molecule has 0 bridgehead atoms. The van der Waals surface area contributed by atoms with Gasteiger partial charge in [0.1, 0.15) is 9.96 Å². The molecule has 0 spiro atoms. The maximum Gasteiger partial charge on any atom is 0.252 e. The zero-order valence-electron chi connectivity index (χ0n) is 13.3. The van der Waals surface area contributed by atoms with Crippen LogP contribution in [0.1, 0.15) is 5.56 Å². The minimum atomic E-state index is -3.42. The van der Waals surface area contributed by atoms with Crippen molar-refractivity contribution in [3.05, 3.63) is 46.3 Å². The number of rotatable bonds is 5. The Morgan fingerprint density at radius 3 is 2.29 bits per heavy atom. The van der Waals surface area contributed by atoms with Gasteiger partial charge in [0, 0.05) is 32.7 Å². The summed E-state index contributed by atoms with van der Waals surface area (Å²) in [5, 5.41) is 0. The second-order valence-electron chi connectivity index (χ2n) is 5.59. The molecule has 1 saturated heterocycles. The first-order valence-corrected chi connectivity index (χ1v) is 10.2. The quantitative estimate of drug-likeness (QED) is 0.792. The van der Waals surface area contributed by atoms with Crippen molar-refractivity contribution in [2.24, 2.45) is 0 Å². The van der Waals surface area contributed by atoms with Crippen LogP contribution in [-0.4, -0.2) is 50.9 Å². The molecule has 1 aliphatic rings. The Balaban J connectivity index is 1.59. The minimum absolute atomic E-state index is 0.316. The van der Waals surface area contributed by atoms with Gasteiger partial charge in [-0.1, -0.05) is 23.7 Å². The van der Waals surface area contributed by atoms with E-state index >= 15 is 0 Å². The molecule has 5 nitrogen and oxygen atoms in total. The number of hydrogen-bond acceptors (Lipinski definition) is 5. The fraction of sp³-hybridized carbons (Fsp3) is 0.375. The summed E-state index contributed by atoms with van der Waals surface area (Å²) in [5.74, 6) is 0.837. The predicted octanol–water partition coefficient (Wildman–Crippen LogP) is 2.92. The first-order chi connectivity index (χ1) is 11.5. The average molecular weight is 387 g/mol. The van der Waals surface area contributed by atoms with Crippen LogP contribution in [0.15, 0.2) is 40.6 Å². The van der Waals surface area contributed by atoms with Crippen molar-refractivity contribution < 1.29 is 13.2 Å². The largest absolute Gasteiger partial charge is 0.497 e. The molecule has 2 aromatic rings. The van der Waals surface area contributed by atoms with E-state index in [1.807, 2.05) is 24.3 Å². The lowest BCUT2D eigenvalue weighted by Gasteiger charge is -2.33. The molecule has 24 heavy (non-hydrogen) atoms. The first kappa shape index (κ1) is 17.7. The lowest BCUT2D eigenvalue weighted by molar-refractivity contribution is 0.181. The van der Waals surface area contributed by atoms with Gasteiger partial charge < -0.3 is 4.74 Å². The van der Waals surface area contributed by atoms with Crippen molar-refractivity contribution in [3.63, 3.8) is 0 Å². The van der Waals surface area contributed by atoms with Crippen LogP contribution in [0.25, 0.3) is 0 Å². The van der Waals surface area contributed by atoms with E-state index in [0.29, 0.717) is 34.7 Å². The molecule has 0 aliphatic carbocycles. The molecule has 8 heteroatoms. The van der Waals surface area contributed by atoms with Gasteiger partial charge in [-0.3, -0.25) is 4.90 Å². The molecule has 0 N–H and O–H groups in total. The topological polar surface area (TPSA) is 49.9 Å². The van der Waals surface area contributed by atoms with Gasteiger partial charge in [0.25, 0.3) is 10.0 Å². The molecule has 0 saturated carbocycles. The van der Waals surface area contributed by atoms with Crippen molar-refractivity contribution in [1.29, 1.82) is 0 Å².